The van der Waals surface area contributed by atoms with Gasteiger partial charge in [-0.1, -0.05) is 30.3 Å². The van der Waals surface area contributed by atoms with Gasteiger partial charge in [0.25, 0.3) is 0 Å². The van der Waals surface area contributed by atoms with Crippen molar-refractivity contribution in [2.45, 2.75) is 31.5 Å². The summed E-state index contributed by atoms with van der Waals surface area (Å²) < 4.78 is 28.8. The minimum atomic E-state index is -3.12. The highest BCUT2D eigenvalue weighted by Gasteiger charge is 2.40. The Kier molecular flexibility index (Phi) is 4.73. The van der Waals surface area contributed by atoms with Crippen LogP contribution >= 0.6 is 0 Å². The molecule has 5 nitrogen and oxygen atoms in total. The molecule has 0 aromatic heterocycles. The first kappa shape index (κ1) is 16.5. The quantitative estimate of drug-likeness (QED) is 0.822. The van der Waals surface area contributed by atoms with Crippen LogP contribution in [0, 0.1) is 5.92 Å². The van der Waals surface area contributed by atoms with Crippen molar-refractivity contribution in [2.24, 2.45) is 5.92 Å². The van der Waals surface area contributed by atoms with Gasteiger partial charge in [0.05, 0.1) is 18.4 Å². The normalized spacial score (nSPS) is 25.3. The summed E-state index contributed by atoms with van der Waals surface area (Å²) in [5.74, 6) is 0.352. The molecule has 1 aliphatic heterocycles. The van der Waals surface area contributed by atoms with Crippen molar-refractivity contribution in [1.29, 1.82) is 0 Å². The molecule has 23 heavy (non-hydrogen) atoms. The summed E-state index contributed by atoms with van der Waals surface area (Å²) >= 11 is 0. The maximum absolute atomic E-state index is 12.4. The second-order valence-electron chi connectivity index (χ2n) is 6.59. The molecule has 0 N–H and O–H groups in total. The molecular weight excluding hydrogens is 314 g/mol. The predicted molar refractivity (Wildman–Crippen MR) is 87.7 cm³/mol. The van der Waals surface area contributed by atoms with Crippen molar-refractivity contribution in [3.05, 3.63) is 35.9 Å². The van der Waals surface area contributed by atoms with Crippen molar-refractivity contribution >= 4 is 15.7 Å². The van der Waals surface area contributed by atoms with E-state index in [0.29, 0.717) is 19.0 Å². The third kappa shape index (κ3) is 4.54. The standard InChI is InChI=1S/C17H23NO4S/c1-23(20,21)10-9-17(19)18-11-15(13-5-3-2-4-6-13)22-16(12-18)14-7-8-14/h2-6,14-16H,7-12H2,1H3/t15-,16+/m0/s1. The summed E-state index contributed by atoms with van der Waals surface area (Å²) in [7, 11) is -3.12. The lowest BCUT2D eigenvalue weighted by atomic mass is 10.0. The van der Waals surface area contributed by atoms with Gasteiger partial charge < -0.3 is 9.64 Å². The Morgan fingerprint density at radius 2 is 1.91 bits per heavy atom. The molecule has 0 radical (unpaired) electrons. The van der Waals surface area contributed by atoms with Crippen molar-refractivity contribution in [3.8, 4) is 0 Å². The first-order valence-corrected chi connectivity index (χ1v) is 10.1. The molecule has 2 fully saturated rings. The lowest BCUT2D eigenvalue weighted by Gasteiger charge is -2.38. The topological polar surface area (TPSA) is 63.7 Å². The van der Waals surface area contributed by atoms with E-state index in [1.54, 1.807) is 4.90 Å². The summed E-state index contributed by atoms with van der Waals surface area (Å²) in [6.45, 7) is 1.08. The Hall–Kier alpha value is -1.40. The Balaban J connectivity index is 1.70. The van der Waals surface area contributed by atoms with E-state index in [1.807, 2.05) is 30.3 Å². The molecule has 0 bridgehead atoms. The SMILES string of the molecule is CS(=O)(=O)CCC(=O)N1C[C@@H](c2ccccc2)O[C@@H](C2CC2)C1. The highest BCUT2D eigenvalue weighted by molar-refractivity contribution is 7.90. The number of nitrogens with zero attached hydrogens (tertiary/aromatic N) is 1. The molecule has 1 amide bonds. The number of sulfone groups is 1. The number of morpholine rings is 1. The van der Waals surface area contributed by atoms with E-state index >= 15 is 0 Å². The highest BCUT2D eigenvalue weighted by atomic mass is 32.2. The molecule has 2 atom stereocenters. The highest BCUT2D eigenvalue weighted by Crippen LogP contribution is 2.39. The number of benzene rings is 1. The zero-order valence-corrected chi connectivity index (χ0v) is 14.2. The number of carbonyl (C=O) groups is 1. The van der Waals surface area contributed by atoms with Crippen LogP contribution in [-0.2, 0) is 19.4 Å². The number of carbonyl (C=O) groups excluding carboxylic acids is 1. The molecule has 1 saturated carbocycles. The van der Waals surface area contributed by atoms with Crippen molar-refractivity contribution in [3.63, 3.8) is 0 Å². The fourth-order valence-corrected chi connectivity index (χ4v) is 3.55. The summed E-state index contributed by atoms with van der Waals surface area (Å²) in [5, 5.41) is 0. The number of hydrogen-bond donors (Lipinski definition) is 0. The van der Waals surface area contributed by atoms with Crippen LogP contribution in [0.1, 0.15) is 30.9 Å². The van der Waals surface area contributed by atoms with Crippen molar-refractivity contribution in [2.75, 3.05) is 25.1 Å². The van der Waals surface area contributed by atoms with Crippen molar-refractivity contribution < 1.29 is 17.9 Å². The van der Waals surface area contributed by atoms with Crippen LogP contribution in [0.5, 0.6) is 0 Å². The molecule has 1 aromatic rings. The van der Waals surface area contributed by atoms with Crippen LogP contribution in [0.3, 0.4) is 0 Å². The zero-order chi connectivity index (χ0) is 16.4. The molecular formula is C17H23NO4S. The fourth-order valence-electron chi connectivity index (χ4n) is 3.00. The first-order chi connectivity index (χ1) is 10.9. The van der Waals surface area contributed by atoms with E-state index in [1.165, 1.54) is 6.26 Å². The van der Waals surface area contributed by atoms with Crippen LogP contribution in [0.15, 0.2) is 30.3 Å². The fraction of sp³-hybridized carbons (Fsp3) is 0.588. The average molecular weight is 337 g/mol. The molecule has 1 aliphatic carbocycles. The van der Waals surface area contributed by atoms with Gasteiger partial charge in [0, 0.05) is 19.2 Å². The van der Waals surface area contributed by atoms with Gasteiger partial charge in [-0.25, -0.2) is 8.42 Å². The van der Waals surface area contributed by atoms with Crippen LogP contribution in [-0.4, -0.2) is 50.4 Å². The molecule has 1 aromatic carbocycles. The number of rotatable bonds is 5. The average Bonchev–Trinajstić information content (AvgIpc) is 3.37. The Labute approximate surface area is 137 Å². The second-order valence-corrected chi connectivity index (χ2v) is 8.85. The molecule has 2 aliphatic rings. The van der Waals surface area contributed by atoms with Crippen LogP contribution in [0.25, 0.3) is 0 Å². The Bertz CT molecular complexity index is 654. The minimum absolute atomic E-state index is 0.0533. The van der Waals surface area contributed by atoms with E-state index in [4.69, 9.17) is 4.74 Å². The Morgan fingerprint density at radius 1 is 1.22 bits per heavy atom. The van der Waals surface area contributed by atoms with Crippen LogP contribution in [0.2, 0.25) is 0 Å². The van der Waals surface area contributed by atoms with E-state index in [0.717, 1.165) is 18.4 Å². The predicted octanol–water partition coefficient (Wildman–Crippen LogP) is 1.80. The van der Waals surface area contributed by atoms with Crippen LogP contribution < -0.4 is 0 Å². The smallest absolute Gasteiger partial charge is 0.223 e. The van der Waals surface area contributed by atoms with Gasteiger partial charge in [0.2, 0.25) is 5.91 Å². The lowest BCUT2D eigenvalue weighted by Crippen LogP contribution is -2.48. The van der Waals surface area contributed by atoms with Crippen LogP contribution in [0.4, 0.5) is 0 Å². The first-order valence-electron chi connectivity index (χ1n) is 8.08. The maximum Gasteiger partial charge on any atom is 0.223 e. The summed E-state index contributed by atoms with van der Waals surface area (Å²) in [6, 6.07) is 9.92. The molecule has 1 saturated heterocycles. The summed E-state index contributed by atoms with van der Waals surface area (Å²) in [6.07, 6.45) is 3.46. The maximum atomic E-state index is 12.4. The van der Waals surface area contributed by atoms with Gasteiger partial charge in [-0.15, -0.1) is 0 Å². The van der Waals surface area contributed by atoms with Gasteiger partial charge in [-0.05, 0) is 24.3 Å². The molecule has 6 heteroatoms. The number of hydrogen-bond acceptors (Lipinski definition) is 4. The van der Waals surface area contributed by atoms with Crippen molar-refractivity contribution in [1.82, 2.24) is 4.90 Å². The van der Waals surface area contributed by atoms with E-state index in [-0.39, 0.29) is 30.3 Å². The summed E-state index contributed by atoms with van der Waals surface area (Å²) in [4.78, 5) is 14.2. The monoisotopic (exact) mass is 337 g/mol. The molecule has 0 unspecified atom stereocenters. The number of ether oxygens (including phenoxy) is 1. The lowest BCUT2D eigenvalue weighted by molar-refractivity contribution is -0.147. The second kappa shape index (κ2) is 6.61. The largest absolute Gasteiger partial charge is 0.366 e. The van der Waals surface area contributed by atoms with Gasteiger partial charge in [0.1, 0.15) is 15.9 Å². The third-order valence-corrected chi connectivity index (χ3v) is 5.43. The molecule has 0 spiro atoms. The van der Waals surface area contributed by atoms with Gasteiger partial charge in [0.15, 0.2) is 0 Å². The summed E-state index contributed by atoms with van der Waals surface area (Å²) in [5.41, 5.74) is 1.07. The molecule has 3 rings (SSSR count). The van der Waals surface area contributed by atoms with E-state index in [9.17, 15) is 13.2 Å². The number of amides is 1. The third-order valence-electron chi connectivity index (χ3n) is 4.48. The van der Waals surface area contributed by atoms with E-state index in [2.05, 4.69) is 0 Å². The molecule has 1 heterocycles. The zero-order valence-electron chi connectivity index (χ0n) is 13.3. The van der Waals surface area contributed by atoms with E-state index < -0.39 is 9.84 Å². The minimum Gasteiger partial charge on any atom is -0.366 e. The van der Waals surface area contributed by atoms with Gasteiger partial charge in [-0.3, -0.25) is 4.79 Å². The van der Waals surface area contributed by atoms with Gasteiger partial charge in [-0.2, -0.15) is 0 Å². The molecule has 126 valence electrons. The Morgan fingerprint density at radius 3 is 2.52 bits per heavy atom. The van der Waals surface area contributed by atoms with Gasteiger partial charge >= 0.3 is 0 Å².